The van der Waals surface area contributed by atoms with Crippen LogP contribution in [0.3, 0.4) is 0 Å². The van der Waals surface area contributed by atoms with E-state index >= 15 is 0 Å². The molecule has 3 aliphatic rings. The molecule has 3 saturated heterocycles. The number of nitrogens with one attached hydrogen (secondary N) is 1. The maximum Gasteiger partial charge on any atom is 0.296 e. The topological polar surface area (TPSA) is 109 Å². The molecule has 4 atom stereocenters. The van der Waals surface area contributed by atoms with Gasteiger partial charge in [0, 0.05) is 37.9 Å². The summed E-state index contributed by atoms with van der Waals surface area (Å²) in [4.78, 5) is 21.5. The molecule has 0 spiro atoms. The number of aliphatic hydroxyl groups excluding tert-OH is 1. The van der Waals surface area contributed by atoms with Crippen LogP contribution in [0.25, 0.3) is 22.4 Å². The smallest absolute Gasteiger partial charge is 0.296 e. The Balaban J connectivity index is 1.21. The predicted molar refractivity (Wildman–Crippen MR) is 122 cm³/mol. The minimum atomic E-state index is -0.626. The van der Waals surface area contributed by atoms with E-state index in [9.17, 15) is 5.11 Å². The van der Waals surface area contributed by atoms with E-state index in [-0.39, 0.29) is 24.9 Å². The molecule has 0 bridgehead atoms. The maximum atomic E-state index is 9.91. The van der Waals surface area contributed by atoms with Crippen LogP contribution in [0, 0.1) is 0 Å². The second-order valence-electron chi connectivity index (χ2n) is 8.75. The van der Waals surface area contributed by atoms with Crippen molar-refractivity contribution >= 4 is 28.6 Å². The fourth-order valence-electron chi connectivity index (χ4n) is 4.59. The van der Waals surface area contributed by atoms with Gasteiger partial charge in [0.25, 0.3) is 6.01 Å². The molecule has 33 heavy (non-hydrogen) atoms. The molecule has 3 aromatic heterocycles. The SMILES string of the molecule is CN1CCN(c2ccc(-c3nc4nc(O[C@@H]5CO[C@H]6[C@@H]5OC[C@H]6O)[nH]c4cc3Cl)cn2)CC1. The maximum absolute atomic E-state index is 9.91. The van der Waals surface area contributed by atoms with E-state index < -0.39 is 6.10 Å². The molecular weight excluding hydrogens is 448 g/mol. The van der Waals surface area contributed by atoms with Crippen molar-refractivity contribution in [3.05, 3.63) is 29.4 Å². The van der Waals surface area contributed by atoms with Crippen LogP contribution < -0.4 is 9.64 Å². The zero-order valence-electron chi connectivity index (χ0n) is 18.1. The van der Waals surface area contributed by atoms with Crippen LogP contribution in [0.15, 0.2) is 24.4 Å². The lowest BCUT2D eigenvalue weighted by Crippen LogP contribution is -2.44. The van der Waals surface area contributed by atoms with Gasteiger partial charge in [-0.3, -0.25) is 0 Å². The van der Waals surface area contributed by atoms with Crippen LogP contribution >= 0.6 is 11.6 Å². The van der Waals surface area contributed by atoms with Crippen LogP contribution in [0.1, 0.15) is 0 Å². The van der Waals surface area contributed by atoms with Gasteiger partial charge in [0.05, 0.1) is 29.4 Å². The van der Waals surface area contributed by atoms with Crippen molar-refractivity contribution in [1.82, 2.24) is 24.8 Å². The highest BCUT2D eigenvalue weighted by atomic mass is 35.5. The van der Waals surface area contributed by atoms with Gasteiger partial charge in [0.2, 0.25) is 0 Å². The first-order valence-electron chi connectivity index (χ1n) is 11.1. The Morgan fingerprint density at radius 1 is 1.12 bits per heavy atom. The van der Waals surface area contributed by atoms with Gasteiger partial charge in [0.15, 0.2) is 11.8 Å². The van der Waals surface area contributed by atoms with Crippen molar-refractivity contribution in [2.45, 2.75) is 24.4 Å². The zero-order chi connectivity index (χ0) is 22.5. The Bertz CT molecular complexity index is 1150. The first kappa shape index (κ1) is 21.1. The minimum Gasteiger partial charge on any atom is -0.456 e. The number of H-pyrrole nitrogens is 1. The third-order valence-electron chi connectivity index (χ3n) is 6.50. The van der Waals surface area contributed by atoms with Gasteiger partial charge in [-0.2, -0.15) is 4.98 Å². The summed E-state index contributed by atoms with van der Waals surface area (Å²) in [6, 6.07) is 6.10. The molecule has 0 aromatic carbocycles. The van der Waals surface area contributed by atoms with E-state index in [4.69, 9.17) is 25.8 Å². The second-order valence-corrected chi connectivity index (χ2v) is 9.15. The monoisotopic (exact) mass is 472 g/mol. The molecule has 3 fully saturated rings. The quantitative estimate of drug-likeness (QED) is 0.581. The summed E-state index contributed by atoms with van der Waals surface area (Å²) in [7, 11) is 2.13. The molecule has 0 amide bonds. The molecule has 0 aliphatic carbocycles. The fraction of sp³-hybridized carbons (Fsp3) is 0.500. The number of fused-ring (bicyclic) bond motifs is 2. The first-order valence-corrected chi connectivity index (χ1v) is 11.5. The minimum absolute atomic E-state index is 0.248. The lowest BCUT2D eigenvalue weighted by Gasteiger charge is -2.33. The van der Waals surface area contributed by atoms with Gasteiger partial charge in [-0.05, 0) is 25.2 Å². The van der Waals surface area contributed by atoms with Crippen molar-refractivity contribution < 1.29 is 19.3 Å². The number of likely N-dealkylation sites (N-methyl/N-ethyl adjacent to an activating group) is 1. The van der Waals surface area contributed by atoms with E-state index in [1.165, 1.54) is 0 Å². The molecule has 2 N–H and O–H groups in total. The number of halogens is 1. The zero-order valence-corrected chi connectivity index (χ0v) is 18.9. The fourth-order valence-corrected chi connectivity index (χ4v) is 4.85. The average molecular weight is 473 g/mol. The molecule has 3 aromatic rings. The normalized spacial score (nSPS) is 27.9. The number of hydrogen-bond acceptors (Lipinski definition) is 9. The van der Waals surface area contributed by atoms with Gasteiger partial charge >= 0.3 is 0 Å². The Hall–Kier alpha value is -2.50. The van der Waals surface area contributed by atoms with Crippen LogP contribution in [-0.2, 0) is 9.47 Å². The molecule has 174 valence electrons. The molecule has 11 heteroatoms. The number of aromatic amines is 1. The summed E-state index contributed by atoms with van der Waals surface area (Å²) in [6.07, 6.45) is 0.147. The average Bonchev–Trinajstić information content (AvgIpc) is 3.51. The van der Waals surface area contributed by atoms with Crippen molar-refractivity contribution in [3.8, 4) is 17.3 Å². The number of rotatable bonds is 4. The van der Waals surface area contributed by atoms with Crippen molar-refractivity contribution in [1.29, 1.82) is 0 Å². The largest absolute Gasteiger partial charge is 0.456 e. The van der Waals surface area contributed by atoms with Crippen LogP contribution in [-0.4, -0.2) is 101 Å². The van der Waals surface area contributed by atoms with Crippen LogP contribution in [0.4, 0.5) is 5.82 Å². The molecular formula is C22H25ClN6O4. The molecule has 0 unspecified atom stereocenters. The molecule has 0 saturated carbocycles. The third kappa shape index (κ3) is 3.91. The Morgan fingerprint density at radius 3 is 2.73 bits per heavy atom. The summed E-state index contributed by atoms with van der Waals surface area (Å²) < 4.78 is 17.2. The number of nitrogens with zero attached hydrogens (tertiary/aromatic N) is 5. The van der Waals surface area contributed by atoms with E-state index in [0.29, 0.717) is 34.5 Å². The number of pyridine rings is 2. The van der Waals surface area contributed by atoms with Gasteiger partial charge in [-0.25, -0.2) is 9.97 Å². The van der Waals surface area contributed by atoms with Crippen molar-refractivity contribution in [2.24, 2.45) is 0 Å². The van der Waals surface area contributed by atoms with E-state index in [0.717, 1.165) is 37.6 Å². The third-order valence-corrected chi connectivity index (χ3v) is 6.79. The van der Waals surface area contributed by atoms with Gasteiger partial charge in [-0.1, -0.05) is 11.6 Å². The molecule has 6 heterocycles. The van der Waals surface area contributed by atoms with E-state index in [1.54, 1.807) is 12.3 Å². The number of anilines is 1. The summed E-state index contributed by atoms with van der Waals surface area (Å²) >= 11 is 6.55. The van der Waals surface area contributed by atoms with Gasteiger partial charge in [0.1, 0.15) is 24.1 Å². The number of aliphatic hydroxyl groups is 1. The van der Waals surface area contributed by atoms with Crippen LogP contribution in [0.2, 0.25) is 5.02 Å². The highest BCUT2D eigenvalue weighted by molar-refractivity contribution is 6.33. The summed E-state index contributed by atoms with van der Waals surface area (Å²) in [5.74, 6) is 0.954. The molecule has 6 rings (SSSR count). The van der Waals surface area contributed by atoms with Gasteiger partial charge in [-0.15, -0.1) is 0 Å². The van der Waals surface area contributed by atoms with Crippen LogP contribution in [0.5, 0.6) is 6.01 Å². The van der Waals surface area contributed by atoms with Crippen molar-refractivity contribution in [2.75, 3.05) is 51.3 Å². The molecule has 3 aliphatic heterocycles. The predicted octanol–water partition coefficient (Wildman–Crippen LogP) is 1.33. The van der Waals surface area contributed by atoms with E-state index in [1.807, 2.05) is 12.1 Å². The van der Waals surface area contributed by atoms with E-state index in [2.05, 4.69) is 36.8 Å². The second kappa shape index (κ2) is 8.37. The van der Waals surface area contributed by atoms with Gasteiger partial charge < -0.3 is 34.1 Å². The molecule has 10 nitrogen and oxygen atoms in total. The number of imidazole rings is 1. The Morgan fingerprint density at radius 2 is 1.94 bits per heavy atom. The molecule has 0 radical (unpaired) electrons. The summed E-state index contributed by atoms with van der Waals surface area (Å²) in [5, 5.41) is 10.4. The standard InChI is InChI=1S/C22H25ClN6O4/c1-28-4-6-29(7-5-28)17-3-2-12(9-24-17)18-13(23)8-14-21(26-18)27-22(25-14)33-16-11-32-19-15(30)10-31-20(16)19/h2-3,8-9,15-16,19-20,30H,4-7,10-11H2,1H3,(H,25,26,27)/t15-,16-,19-,20-/m1/s1. The summed E-state index contributed by atoms with van der Waals surface area (Å²) in [5.41, 5.74) is 2.61. The van der Waals surface area contributed by atoms with Crippen molar-refractivity contribution in [3.63, 3.8) is 0 Å². The summed E-state index contributed by atoms with van der Waals surface area (Å²) in [6.45, 7) is 4.55. The highest BCUT2D eigenvalue weighted by Gasteiger charge is 2.48. The number of ether oxygens (including phenoxy) is 3. The lowest BCUT2D eigenvalue weighted by atomic mass is 10.1. The number of piperazine rings is 1. The number of hydrogen-bond donors (Lipinski definition) is 2. The lowest BCUT2D eigenvalue weighted by molar-refractivity contribution is 0.00706. The Labute approximate surface area is 195 Å². The highest BCUT2D eigenvalue weighted by Crippen LogP contribution is 2.32. The Kier molecular flexibility index (Phi) is 5.34. The first-order chi connectivity index (χ1) is 16.0. The number of aromatic nitrogens is 4.